The highest BCUT2D eigenvalue weighted by atomic mass is 35.5. The molecule has 0 bridgehead atoms. The summed E-state index contributed by atoms with van der Waals surface area (Å²) in [6, 6.07) is 8.73. The Morgan fingerprint density at radius 2 is 1.85 bits per heavy atom. The van der Waals surface area contributed by atoms with E-state index in [1.165, 1.54) is 0 Å². The lowest BCUT2D eigenvalue weighted by molar-refractivity contribution is -0.115. The number of benzene rings is 1. The van der Waals surface area contributed by atoms with E-state index in [9.17, 15) is 4.79 Å². The Kier molecular flexibility index (Phi) is 4.82. The Balaban J connectivity index is 2.08. The second kappa shape index (κ2) is 6.59. The van der Waals surface area contributed by atoms with Crippen molar-refractivity contribution in [3.05, 3.63) is 46.6 Å². The van der Waals surface area contributed by atoms with Gasteiger partial charge in [-0.15, -0.1) is 0 Å². The molecule has 0 saturated carbocycles. The fourth-order valence-electron chi connectivity index (χ4n) is 1.57. The summed E-state index contributed by atoms with van der Waals surface area (Å²) in [6.45, 7) is 1.79. The molecule has 1 amide bonds. The number of nitrogens with zero attached hydrogens (tertiary/aromatic N) is 1. The van der Waals surface area contributed by atoms with Crippen molar-refractivity contribution in [3.8, 4) is 0 Å². The normalized spacial score (nSPS) is 10.2. The Hall–Kier alpha value is -1.78. The Morgan fingerprint density at radius 1 is 1.15 bits per heavy atom. The van der Waals surface area contributed by atoms with E-state index in [0.717, 1.165) is 11.4 Å². The molecule has 0 aliphatic carbocycles. The molecular formula is C14H13Cl2N3O. The van der Waals surface area contributed by atoms with E-state index in [-0.39, 0.29) is 5.91 Å². The van der Waals surface area contributed by atoms with E-state index in [4.69, 9.17) is 23.2 Å². The van der Waals surface area contributed by atoms with Crippen LogP contribution in [0.2, 0.25) is 10.0 Å². The predicted molar refractivity (Wildman–Crippen MR) is 82.9 cm³/mol. The standard InChI is InChI=1S/C14H13Cl2N3O/c1-2-14(20)19-13-4-3-11(8-17-13)18-12-6-9(15)5-10(16)7-12/h3-8,18H,2H2,1H3,(H,17,19,20). The van der Waals surface area contributed by atoms with Crippen molar-refractivity contribution in [2.45, 2.75) is 13.3 Å². The fourth-order valence-corrected chi connectivity index (χ4v) is 2.09. The van der Waals surface area contributed by atoms with Crippen molar-refractivity contribution in [2.24, 2.45) is 0 Å². The lowest BCUT2D eigenvalue weighted by Crippen LogP contribution is -2.10. The molecule has 20 heavy (non-hydrogen) atoms. The van der Waals surface area contributed by atoms with Crippen molar-refractivity contribution in [1.29, 1.82) is 0 Å². The van der Waals surface area contributed by atoms with E-state index in [1.54, 1.807) is 37.4 Å². The number of aromatic nitrogens is 1. The van der Waals surface area contributed by atoms with Crippen LogP contribution < -0.4 is 10.6 Å². The average molecular weight is 310 g/mol. The molecule has 1 aromatic heterocycles. The molecule has 104 valence electrons. The topological polar surface area (TPSA) is 54.0 Å². The molecule has 0 atom stereocenters. The van der Waals surface area contributed by atoms with Gasteiger partial charge in [-0.05, 0) is 30.3 Å². The van der Waals surface area contributed by atoms with Crippen LogP contribution in [0, 0.1) is 0 Å². The summed E-state index contributed by atoms with van der Waals surface area (Å²) in [5.41, 5.74) is 1.55. The first-order valence-corrected chi connectivity index (χ1v) is 6.81. The van der Waals surface area contributed by atoms with Gasteiger partial charge in [-0.25, -0.2) is 4.98 Å². The van der Waals surface area contributed by atoms with Gasteiger partial charge < -0.3 is 10.6 Å². The highest BCUT2D eigenvalue weighted by Crippen LogP contribution is 2.25. The van der Waals surface area contributed by atoms with Gasteiger partial charge in [-0.1, -0.05) is 30.1 Å². The maximum atomic E-state index is 11.2. The van der Waals surface area contributed by atoms with Crippen LogP contribution in [0.5, 0.6) is 0 Å². The van der Waals surface area contributed by atoms with E-state index < -0.39 is 0 Å². The molecule has 0 unspecified atom stereocenters. The maximum absolute atomic E-state index is 11.2. The zero-order chi connectivity index (χ0) is 14.5. The highest BCUT2D eigenvalue weighted by molar-refractivity contribution is 6.35. The summed E-state index contributed by atoms with van der Waals surface area (Å²) in [5.74, 6) is 0.450. The summed E-state index contributed by atoms with van der Waals surface area (Å²) in [4.78, 5) is 15.4. The molecule has 4 nitrogen and oxygen atoms in total. The molecule has 6 heteroatoms. The Labute approximate surface area is 127 Å². The molecule has 0 fully saturated rings. The fraction of sp³-hybridized carbons (Fsp3) is 0.143. The lowest BCUT2D eigenvalue weighted by Gasteiger charge is -2.08. The van der Waals surface area contributed by atoms with Crippen LogP contribution in [-0.4, -0.2) is 10.9 Å². The molecule has 0 aliphatic rings. The second-order valence-electron chi connectivity index (χ2n) is 4.12. The third kappa shape index (κ3) is 4.11. The SMILES string of the molecule is CCC(=O)Nc1ccc(Nc2cc(Cl)cc(Cl)c2)cn1. The third-order valence-electron chi connectivity index (χ3n) is 2.50. The number of halogens is 2. The smallest absolute Gasteiger partial charge is 0.225 e. The summed E-state index contributed by atoms with van der Waals surface area (Å²) in [5, 5.41) is 6.93. The lowest BCUT2D eigenvalue weighted by atomic mass is 10.3. The van der Waals surface area contributed by atoms with Gasteiger partial charge in [0.15, 0.2) is 0 Å². The molecule has 2 N–H and O–H groups in total. The van der Waals surface area contributed by atoms with Crippen molar-refractivity contribution in [2.75, 3.05) is 10.6 Å². The quantitative estimate of drug-likeness (QED) is 0.875. The minimum Gasteiger partial charge on any atom is -0.354 e. The second-order valence-corrected chi connectivity index (χ2v) is 4.99. The minimum atomic E-state index is -0.0696. The van der Waals surface area contributed by atoms with Gasteiger partial charge in [0.25, 0.3) is 0 Å². The predicted octanol–water partition coefficient (Wildman–Crippen LogP) is 4.48. The molecule has 0 spiro atoms. The number of rotatable bonds is 4. The molecule has 0 aliphatic heterocycles. The number of pyridine rings is 1. The molecule has 0 saturated heterocycles. The van der Waals surface area contributed by atoms with Crippen LogP contribution in [0.3, 0.4) is 0 Å². The van der Waals surface area contributed by atoms with Crippen LogP contribution in [0.4, 0.5) is 17.2 Å². The van der Waals surface area contributed by atoms with Crippen LogP contribution in [-0.2, 0) is 4.79 Å². The van der Waals surface area contributed by atoms with Gasteiger partial charge in [0, 0.05) is 22.2 Å². The average Bonchev–Trinajstić information content (AvgIpc) is 2.39. The maximum Gasteiger partial charge on any atom is 0.225 e. The Morgan fingerprint density at radius 3 is 2.40 bits per heavy atom. The van der Waals surface area contributed by atoms with E-state index in [0.29, 0.717) is 22.3 Å². The molecule has 2 aromatic rings. The summed E-state index contributed by atoms with van der Waals surface area (Å²) >= 11 is 11.9. The first-order valence-electron chi connectivity index (χ1n) is 6.06. The number of carbonyl (C=O) groups excluding carboxylic acids is 1. The van der Waals surface area contributed by atoms with Gasteiger partial charge in [-0.3, -0.25) is 4.79 Å². The first kappa shape index (κ1) is 14.6. The number of carbonyl (C=O) groups is 1. The van der Waals surface area contributed by atoms with Crippen molar-refractivity contribution in [1.82, 2.24) is 4.98 Å². The summed E-state index contributed by atoms with van der Waals surface area (Å²) < 4.78 is 0. The summed E-state index contributed by atoms with van der Waals surface area (Å²) in [6.07, 6.45) is 2.04. The highest BCUT2D eigenvalue weighted by Gasteiger charge is 2.02. The number of hydrogen-bond acceptors (Lipinski definition) is 3. The zero-order valence-electron chi connectivity index (χ0n) is 10.8. The van der Waals surface area contributed by atoms with Crippen molar-refractivity contribution >= 4 is 46.3 Å². The first-order chi connectivity index (χ1) is 9.56. The molecule has 1 aromatic carbocycles. The number of anilines is 3. The van der Waals surface area contributed by atoms with Crippen LogP contribution in [0.25, 0.3) is 0 Å². The Bertz CT molecular complexity index is 594. The third-order valence-corrected chi connectivity index (χ3v) is 2.94. The van der Waals surface area contributed by atoms with E-state index in [1.807, 2.05) is 6.07 Å². The van der Waals surface area contributed by atoms with Crippen LogP contribution in [0.15, 0.2) is 36.5 Å². The van der Waals surface area contributed by atoms with Crippen molar-refractivity contribution < 1.29 is 4.79 Å². The van der Waals surface area contributed by atoms with Crippen LogP contribution >= 0.6 is 23.2 Å². The molecule has 2 rings (SSSR count). The number of hydrogen-bond donors (Lipinski definition) is 2. The molecular weight excluding hydrogens is 297 g/mol. The number of nitrogens with one attached hydrogen (secondary N) is 2. The molecule has 0 radical (unpaired) electrons. The minimum absolute atomic E-state index is 0.0696. The van der Waals surface area contributed by atoms with Gasteiger partial charge in [0.2, 0.25) is 5.91 Å². The van der Waals surface area contributed by atoms with Gasteiger partial charge >= 0.3 is 0 Å². The number of amides is 1. The largest absolute Gasteiger partial charge is 0.354 e. The zero-order valence-corrected chi connectivity index (χ0v) is 12.3. The monoisotopic (exact) mass is 309 g/mol. The van der Waals surface area contributed by atoms with Gasteiger partial charge in [0.1, 0.15) is 5.82 Å². The van der Waals surface area contributed by atoms with E-state index in [2.05, 4.69) is 15.6 Å². The molecule has 1 heterocycles. The van der Waals surface area contributed by atoms with Gasteiger partial charge in [0.05, 0.1) is 11.9 Å². The van der Waals surface area contributed by atoms with Gasteiger partial charge in [-0.2, -0.15) is 0 Å². The van der Waals surface area contributed by atoms with Crippen LogP contribution in [0.1, 0.15) is 13.3 Å². The summed E-state index contributed by atoms with van der Waals surface area (Å²) in [7, 11) is 0. The van der Waals surface area contributed by atoms with E-state index >= 15 is 0 Å². The van der Waals surface area contributed by atoms with Crippen molar-refractivity contribution in [3.63, 3.8) is 0 Å².